The van der Waals surface area contributed by atoms with Crippen LogP contribution in [0.3, 0.4) is 0 Å². The first-order chi connectivity index (χ1) is 16.2. The maximum Gasteiger partial charge on any atom is 0.408 e. The Hall–Kier alpha value is -3.32. The van der Waals surface area contributed by atoms with Gasteiger partial charge >= 0.3 is 6.18 Å². The van der Waals surface area contributed by atoms with E-state index in [9.17, 15) is 26.4 Å². The third-order valence-electron chi connectivity index (χ3n) is 5.64. The number of anilines is 1. The molecular weight excluding hydrogens is 485 g/mol. The van der Waals surface area contributed by atoms with Gasteiger partial charge in [0.25, 0.3) is 5.91 Å². The highest BCUT2D eigenvalue weighted by Gasteiger charge is 2.47. The number of sulfonamides is 1. The summed E-state index contributed by atoms with van der Waals surface area (Å²) in [6.07, 6.45) is 0.643. The molecule has 0 unspecified atom stereocenters. The number of alkyl halides is 3. The molecule has 0 bridgehead atoms. The summed E-state index contributed by atoms with van der Waals surface area (Å²) in [4.78, 5) is 23.4. The number of carbonyl (C=O) groups is 1. The Morgan fingerprint density at radius 3 is 2.51 bits per heavy atom. The van der Waals surface area contributed by atoms with E-state index in [4.69, 9.17) is 0 Å². The molecule has 0 spiro atoms. The molecule has 0 saturated carbocycles. The Morgan fingerprint density at radius 1 is 1.14 bits per heavy atom. The van der Waals surface area contributed by atoms with Crippen LogP contribution in [0.5, 0.6) is 0 Å². The minimum Gasteiger partial charge on any atom is -0.294 e. The van der Waals surface area contributed by atoms with E-state index in [1.54, 1.807) is 33.8 Å². The molecule has 0 radical (unpaired) electrons. The van der Waals surface area contributed by atoms with Crippen LogP contribution in [0, 0.1) is 6.92 Å². The molecule has 4 heterocycles. The second-order valence-electron chi connectivity index (χ2n) is 8.67. The van der Waals surface area contributed by atoms with Gasteiger partial charge in [0, 0.05) is 30.7 Å². The molecule has 0 fully saturated rings. The number of aromatic nitrogens is 4. The predicted molar refractivity (Wildman–Crippen MR) is 121 cm³/mol. The number of hydrogen-bond donors (Lipinski definition) is 1. The average Bonchev–Trinajstić information content (AvgIpc) is 3.26. The zero-order valence-electron chi connectivity index (χ0n) is 19.4. The maximum absolute atomic E-state index is 13.4. The number of halogens is 3. The first-order valence-corrected chi connectivity index (χ1v) is 12.1. The lowest BCUT2D eigenvalue weighted by Crippen LogP contribution is -2.39. The Balaban J connectivity index is 1.76. The molecule has 0 aliphatic carbocycles. The zero-order chi connectivity index (χ0) is 25.8. The second kappa shape index (κ2) is 8.41. The fourth-order valence-corrected chi connectivity index (χ4v) is 5.19. The van der Waals surface area contributed by atoms with Crippen molar-refractivity contribution < 1.29 is 26.4 Å². The smallest absolute Gasteiger partial charge is 0.294 e. The van der Waals surface area contributed by atoms with Crippen LogP contribution >= 0.6 is 0 Å². The fraction of sp³-hybridized carbons (Fsp3) is 0.364. The lowest BCUT2D eigenvalue weighted by Gasteiger charge is -2.30. The van der Waals surface area contributed by atoms with Gasteiger partial charge in [-0.25, -0.2) is 18.1 Å². The van der Waals surface area contributed by atoms with Crippen LogP contribution in [-0.4, -0.2) is 46.8 Å². The molecule has 0 saturated heterocycles. The van der Waals surface area contributed by atoms with Gasteiger partial charge in [0.05, 0.1) is 34.4 Å². The molecule has 4 rings (SSSR count). The van der Waals surface area contributed by atoms with Crippen molar-refractivity contribution >= 4 is 21.6 Å². The minimum absolute atomic E-state index is 0.0224. The summed E-state index contributed by atoms with van der Waals surface area (Å²) in [5, 5.41) is 3.76. The lowest BCUT2D eigenvalue weighted by atomic mass is 9.96. The van der Waals surface area contributed by atoms with Gasteiger partial charge in [-0.15, -0.1) is 0 Å². The van der Waals surface area contributed by atoms with E-state index >= 15 is 0 Å². The monoisotopic (exact) mass is 508 g/mol. The Labute approximate surface area is 200 Å². The van der Waals surface area contributed by atoms with E-state index in [-0.39, 0.29) is 17.1 Å². The van der Waals surface area contributed by atoms with E-state index in [1.807, 2.05) is 0 Å². The highest BCUT2D eigenvalue weighted by atomic mass is 32.2. The molecular formula is C22H23F3N6O3S. The van der Waals surface area contributed by atoms with E-state index < -0.39 is 34.2 Å². The van der Waals surface area contributed by atoms with E-state index in [2.05, 4.69) is 19.8 Å². The Bertz CT molecular complexity index is 1420. The second-order valence-corrected chi connectivity index (χ2v) is 10.4. The van der Waals surface area contributed by atoms with Crippen molar-refractivity contribution in [2.75, 3.05) is 11.4 Å². The molecule has 1 aliphatic heterocycles. The van der Waals surface area contributed by atoms with Crippen LogP contribution in [0.1, 0.15) is 42.4 Å². The highest BCUT2D eigenvalue weighted by Crippen LogP contribution is 2.43. The van der Waals surface area contributed by atoms with Crippen LogP contribution in [0.4, 0.5) is 18.9 Å². The summed E-state index contributed by atoms with van der Waals surface area (Å²) in [7, 11) is -3.74. The molecule has 1 N–H and O–H groups in total. The number of nitrogens with zero attached hydrogens (tertiary/aromatic N) is 5. The maximum atomic E-state index is 13.4. The topological polar surface area (TPSA) is 110 Å². The van der Waals surface area contributed by atoms with Crippen molar-refractivity contribution in [2.45, 2.75) is 50.9 Å². The minimum atomic E-state index is -4.45. The quantitative estimate of drug-likeness (QED) is 0.547. The first-order valence-electron chi connectivity index (χ1n) is 10.7. The average molecular weight is 509 g/mol. The van der Waals surface area contributed by atoms with Crippen molar-refractivity contribution in [3.63, 3.8) is 0 Å². The van der Waals surface area contributed by atoms with Crippen molar-refractivity contribution in [3.8, 4) is 11.3 Å². The van der Waals surface area contributed by atoms with Crippen molar-refractivity contribution in [3.05, 3.63) is 53.7 Å². The number of nitrogens with one attached hydrogen (secondary N) is 1. The van der Waals surface area contributed by atoms with Crippen LogP contribution in [-0.2, 0) is 22.1 Å². The third-order valence-corrected chi connectivity index (χ3v) is 7.16. The SMILES string of the molecule is CCNS(=O)(=O)c1cncc(-c2cc(C)c3c(n2)C(C)(C)N(c2cnn(CC(F)(F)F)c2)C3=O)c1. The van der Waals surface area contributed by atoms with Crippen LogP contribution in [0.15, 0.2) is 41.8 Å². The van der Waals surface area contributed by atoms with Crippen molar-refractivity contribution in [1.29, 1.82) is 0 Å². The van der Waals surface area contributed by atoms with E-state index in [1.165, 1.54) is 35.8 Å². The molecule has 3 aromatic rings. The molecule has 1 aliphatic rings. The summed E-state index contributed by atoms with van der Waals surface area (Å²) >= 11 is 0. The number of hydrogen-bond acceptors (Lipinski definition) is 6. The number of carbonyl (C=O) groups excluding carboxylic acids is 1. The zero-order valence-corrected chi connectivity index (χ0v) is 20.2. The summed E-state index contributed by atoms with van der Waals surface area (Å²) in [6.45, 7) is 5.80. The largest absolute Gasteiger partial charge is 0.408 e. The van der Waals surface area contributed by atoms with Crippen molar-refractivity contribution in [2.24, 2.45) is 0 Å². The van der Waals surface area contributed by atoms with Gasteiger partial charge in [-0.05, 0) is 38.5 Å². The summed E-state index contributed by atoms with van der Waals surface area (Å²) in [6, 6.07) is 3.10. The predicted octanol–water partition coefficient (Wildman–Crippen LogP) is 3.40. The Kier molecular flexibility index (Phi) is 5.96. The fourth-order valence-electron chi connectivity index (χ4n) is 4.16. The highest BCUT2D eigenvalue weighted by molar-refractivity contribution is 7.89. The van der Waals surface area contributed by atoms with Gasteiger partial charge in [0.2, 0.25) is 10.0 Å². The third kappa shape index (κ3) is 4.52. The van der Waals surface area contributed by atoms with Gasteiger partial charge in [-0.1, -0.05) is 6.92 Å². The lowest BCUT2D eigenvalue weighted by molar-refractivity contribution is -0.142. The molecule has 186 valence electrons. The standard InChI is InChI=1S/C22H23F3N6O3S/c1-5-28-35(33,34)16-7-14(8-26-10-16)17-6-13(2)18-19(29-17)21(3,4)31(20(18)32)15-9-27-30(11-15)12-22(23,24)25/h6-11,28H,5,12H2,1-4H3. The molecule has 9 nitrogen and oxygen atoms in total. The van der Waals surface area contributed by atoms with Gasteiger partial charge in [0.1, 0.15) is 11.4 Å². The number of rotatable bonds is 6. The van der Waals surface area contributed by atoms with Gasteiger partial charge < -0.3 is 0 Å². The number of fused-ring (bicyclic) bond motifs is 1. The molecule has 3 aromatic heterocycles. The van der Waals surface area contributed by atoms with Crippen LogP contribution < -0.4 is 9.62 Å². The van der Waals surface area contributed by atoms with Gasteiger partial charge in [-0.2, -0.15) is 18.3 Å². The van der Waals surface area contributed by atoms with E-state index in [0.717, 1.165) is 4.68 Å². The number of pyridine rings is 2. The summed E-state index contributed by atoms with van der Waals surface area (Å²) < 4.78 is 66.3. The molecule has 13 heteroatoms. The Morgan fingerprint density at radius 2 is 1.86 bits per heavy atom. The summed E-state index contributed by atoms with van der Waals surface area (Å²) in [5.74, 6) is -0.408. The van der Waals surface area contributed by atoms with Crippen LogP contribution in [0.2, 0.25) is 0 Å². The number of amides is 1. The molecule has 0 aromatic carbocycles. The summed E-state index contributed by atoms with van der Waals surface area (Å²) in [5.41, 5.74) is 1.40. The molecule has 1 amide bonds. The number of aryl methyl sites for hydroxylation is 1. The van der Waals surface area contributed by atoms with E-state index in [0.29, 0.717) is 28.1 Å². The van der Waals surface area contributed by atoms with Gasteiger partial charge in [-0.3, -0.25) is 19.4 Å². The normalized spacial score (nSPS) is 15.5. The molecule has 0 atom stereocenters. The first kappa shape index (κ1) is 24.8. The van der Waals surface area contributed by atoms with Crippen LogP contribution in [0.25, 0.3) is 11.3 Å². The molecule has 35 heavy (non-hydrogen) atoms. The van der Waals surface area contributed by atoms with Gasteiger partial charge in [0.15, 0.2) is 0 Å². The van der Waals surface area contributed by atoms with Crippen molar-refractivity contribution in [1.82, 2.24) is 24.5 Å².